The van der Waals surface area contributed by atoms with Crippen LogP contribution in [0.5, 0.6) is 5.75 Å². The van der Waals surface area contributed by atoms with Crippen molar-refractivity contribution in [2.24, 2.45) is 5.41 Å². The summed E-state index contributed by atoms with van der Waals surface area (Å²) in [6.45, 7) is 6.24. The number of nitrogens with zero attached hydrogens (tertiary/aromatic N) is 3. The first-order valence-corrected chi connectivity index (χ1v) is 10.8. The Bertz CT molecular complexity index is 1090. The van der Waals surface area contributed by atoms with Crippen molar-refractivity contribution < 1.29 is 13.9 Å². The van der Waals surface area contributed by atoms with Crippen LogP contribution in [0.2, 0.25) is 0 Å². The monoisotopic (exact) mass is 434 g/mol. The number of nitrogens with one attached hydrogen (secondary N) is 1. The molecule has 0 fully saturated rings. The summed E-state index contributed by atoms with van der Waals surface area (Å²) in [5.74, 6) is 0.564. The number of benzene rings is 1. The third-order valence-corrected chi connectivity index (χ3v) is 5.69. The number of hydrogen-bond donors (Lipinski definition) is 1. The Balaban J connectivity index is 1.55. The number of halogens is 1. The molecule has 7 heteroatoms. The maximum absolute atomic E-state index is 13.2. The number of rotatable bonds is 6. The van der Waals surface area contributed by atoms with E-state index in [-0.39, 0.29) is 23.2 Å². The molecule has 0 bridgehead atoms. The van der Waals surface area contributed by atoms with Gasteiger partial charge in [0.25, 0.3) is 5.91 Å². The van der Waals surface area contributed by atoms with E-state index < -0.39 is 6.10 Å². The molecule has 2 aromatic heterocycles. The molecule has 3 aromatic rings. The van der Waals surface area contributed by atoms with Gasteiger partial charge in [-0.1, -0.05) is 20.8 Å². The number of hydrogen-bond acceptors (Lipinski definition) is 5. The zero-order chi connectivity index (χ0) is 22.7. The molecule has 32 heavy (non-hydrogen) atoms. The first-order valence-electron chi connectivity index (χ1n) is 10.8. The van der Waals surface area contributed by atoms with Gasteiger partial charge in [0, 0.05) is 29.7 Å². The summed E-state index contributed by atoms with van der Waals surface area (Å²) >= 11 is 0. The average molecular weight is 435 g/mol. The Morgan fingerprint density at radius 2 is 1.94 bits per heavy atom. The molecule has 0 unspecified atom stereocenters. The van der Waals surface area contributed by atoms with Crippen LogP contribution in [-0.4, -0.2) is 27.0 Å². The number of carbonyl (C=O) groups is 1. The minimum Gasteiger partial charge on any atom is -0.481 e. The molecule has 1 N–H and O–H groups in total. The molecule has 0 radical (unpaired) electrons. The summed E-state index contributed by atoms with van der Waals surface area (Å²) in [4.78, 5) is 26.5. The van der Waals surface area contributed by atoms with Gasteiger partial charge in [0.15, 0.2) is 11.9 Å². The largest absolute Gasteiger partial charge is 0.481 e. The molecular weight excluding hydrogens is 407 g/mol. The minimum atomic E-state index is -0.675. The summed E-state index contributed by atoms with van der Waals surface area (Å²) in [5.41, 5.74) is 2.76. The van der Waals surface area contributed by atoms with Crippen LogP contribution in [-0.2, 0) is 11.2 Å². The van der Waals surface area contributed by atoms with Gasteiger partial charge in [-0.25, -0.2) is 14.4 Å². The van der Waals surface area contributed by atoms with Gasteiger partial charge in [0.2, 0.25) is 0 Å². The maximum atomic E-state index is 13.2. The maximum Gasteiger partial charge on any atom is 0.261 e. The Labute approximate surface area is 187 Å². The second kappa shape index (κ2) is 9.02. The molecule has 1 aromatic carbocycles. The lowest BCUT2D eigenvalue weighted by atomic mass is 9.74. The van der Waals surface area contributed by atoms with E-state index in [1.54, 1.807) is 12.4 Å². The summed E-state index contributed by atoms with van der Waals surface area (Å²) < 4.78 is 19.0. The van der Waals surface area contributed by atoms with Gasteiger partial charge in [0.1, 0.15) is 11.6 Å². The van der Waals surface area contributed by atoms with Crippen LogP contribution in [0.4, 0.5) is 4.39 Å². The molecule has 2 atom stereocenters. The lowest BCUT2D eigenvalue weighted by Crippen LogP contribution is -2.43. The zero-order valence-corrected chi connectivity index (χ0v) is 18.5. The molecule has 4 rings (SSSR count). The van der Waals surface area contributed by atoms with Crippen LogP contribution in [0.3, 0.4) is 0 Å². The number of amides is 1. The van der Waals surface area contributed by atoms with E-state index in [1.165, 1.54) is 24.3 Å². The van der Waals surface area contributed by atoms with Crippen LogP contribution in [0.1, 0.15) is 50.9 Å². The fourth-order valence-corrected chi connectivity index (χ4v) is 4.08. The molecule has 2 heterocycles. The number of aromatic nitrogens is 3. The molecular formula is C25H27FN4O2. The van der Waals surface area contributed by atoms with Gasteiger partial charge in [-0.3, -0.25) is 9.78 Å². The van der Waals surface area contributed by atoms with Crippen molar-refractivity contribution in [3.63, 3.8) is 0 Å². The van der Waals surface area contributed by atoms with E-state index in [1.807, 2.05) is 25.3 Å². The molecule has 0 spiro atoms. The Hall–Kier alpha value is -3.35. The first kappa shape index (κ1) is 21.9. The highest BCUT2D eigenvalue weighted by atomic mass is 19.1. The Morgan fingerprint density at radius 1 is 1.22 bits per heavy atom. The third-order valence-electron chi connectivity index (χ3n) is 5.69. The van der Waals surface area contributed by atoms with E-state index in [2.05, 4.69) is 29.1 Å². The van der Waals surface area contributed by atoms with Gasteiger partial charge >= 0.3 is 0 Å². The topological polar surface area (TPSA) is 77.0 Å². The predicted molar refractivity (Wildman–Crippen MR) is 119 cm³/mol. The van der Waals surface area contributed by atoms with Crippen molar-refractivity contribution in [1.82, 2.24) is 20.3 Å². The normalized spacial score (nSPS) is 17.8. The Kier molecular flexibility index (Phi) is 6.17. The van der Waals surface area contributed by atoms with E-state index in [9.17, 15) is 9.18 Å². The second-order valence-electron chi connectivity index (χ2n) is 8.91. The van der Waals surface area contributed by atoms with Crippen LogP contribution in [0, 0.1) is 11.2 Å². The lowest BCUT2D eigenvalue weighted by Gasteiger charge is -2.37. The van der Waals surface area contributed by atoms with Crippen LogP contribution < -0.4 is 10.1 Å². The Morgan fingerprint density at radius 3 is 2.62 bits per heavy atom. The van der Waals surface area contributed by atoms with Gasteiger partial charge in [-0.05, 0) is 61.1 Å². The summed E-state index contributed by atoms with van der Waals surface area (Å²) in [5, 5.41) is 3.14. The lowest BCUT2D eigenvalue weighted by molar-refractivity contribution is -0.129. The van der Waals surface area contributed by atoms with Crippen molar-refractivity contribution in [2.75, 3.05) is 0 Å². The van der Waals surface area contributed by atoms with E-state index in [4.69, 9.17) is 9.72 Å². The van der Waals surface area contributed by atoms with Crippen LogP contribution in [0.15, 0.2) is 55.0 Å². The average Bonchev–Trinajstić information content (AvgIpc) is 2.78. The predicted octanol–water partition coefficient (Wildman–Crippen LogP) is 4.67. The summed E-state index contributed by atoms with van der Waals surface area (Å²) in [6.07, 6.45) is 6.65. The number of fused-ring (bicyclic) bond motifs is 1. The first-order chi connectivity index (χ1) is 15.3. The fourth-order valence-electron chi connectivity index (χ4n) is 4.08. The van der Waals surface area contributed by atoms with Crippen LogP contribution >= 0.6 is 0 Å². The van der Waals surface area contributed by atoms with Gasteiger partial charge in [-0.15, -0.1) is 0 Å². The molecule has 0 saturated heterocycles. The quantitative estimate of drug-likeness (QED) is 0.610. The van der Waals surface area contributed by atoms with Crippen molar-refractivity contribution in [3.05, 3.63) is 72.1 Å². The molecule has 1 amide bonds. The van der Waals surface area contributed by atoms with Crippen molar-refractivity contribution in [1.29, 1.82) is 0 Å². The number of pyridine rings is 1. The highest BCUT2D eigenvalue weighted by Gasteiger charge is 2.35. The fraction of sp³-hybridized carbons (Fsp3) is 0.360. The van der Waals surface area contributed by atoms with E-state index in [0.717, 1.165) is 29.7 Å². The van der Waals surface area contributed by atoms with Gasteiger partial charge < -0.3 is 10.1 Å². The molecule has 0 saturated carbocycles. The van der Waals surface area contributed by atoms with Crippen molar-refractivity contribution in [2.45, 2.75) is 52.2 Å². The van der Waals surface area contributed by atoms with Gasteiger partial charge in [-0.2, -0.15) is 0 Å². The zero-order valence-electron chi connectivity index (χ0n) is 18.5. The SMILES string of the molecule is CC[C@H](Oc1ccc(F)cc1)C(=O)N[C@H]1CC(C)(C)Cc2nc(-c3ccncc3)ncc21. The summed E-state index contributed by atoms with van der Waals surface area (Å²) in [6, 6.07) is 9.24. The highest BCUT2D eigenvalue weighted by Crippen LogP contribution is 2.40. The number of ether oxygens (including phenoxy) is 1. The second-order valence-corrected chi connectivity index (χ2v) is 8.91. The molecule has 0 aliphatic heterocycles. The molecule has 1 aliphatic carbocycles. The molecule has 1 aliphatic rings. The van der Waals surface area contributed by atoms with Gasteiger partial charge in [0.05, 0.1) is 11.7 Å². The number of carbonyl (C=O) groups excluding carboxylic acids is 1. The van der Waals surface area contributed by atoms with Crippen molar-refractivity contribution >= 4 is 5.91 Å². The minimum absolute atomic E-state index is 0.0334. The highest BCUT2D eigenvalue weighted by molar-refractivity contribution is 5.81. The van der Waals surface area contributed by atoms with E-state index in [0.29, 0.717) is 18.0 Å². The smallest absolute Gasteiger partial charge is 0.261 e. The molecule has 166 valence electrons. The van der Waals surface area contributed by atoms with Crippen LogP contribution in [0.25, 0.3) is 11.4 Å². The van der Waals surface area contributed by atoms with E-state index >= 15 is 0 Å². The third kappa shape index (κ3) is 4.93. The molecule has 6 nitrogen and oxygen atoms in total. The standard InChI is InChI=1S/C25H27FN4O2/c1-4-22(32-18-7-5-17(26)6-8-18)24(31)30-21-14-25(2,3)13-20-19(21)15-28-23(29-20)16-9-11-27-12-10-16/h5-12,15,21-22H,4,13-14H2,1-3H3,(H,30,31)/t21-,22-/m0/s1. The summed E-state index contributed by atoms with van der Waals surface area (Å²) in [7, 11) is 0. The van der Waals surface area contributed by atoms with Crippen molar-refractivity contribution in [3.8, 4) is 17.1 Å².